The Morgan fingerprint density at radius 2 is 1.89 bits per heavy atom. The van der Waals surface area contributed by atoms with Gasteiger partial charge in [0.2, 0.25) is 5.91 Å². The first-order valence-corrected chi connectivity index (χ1v) is 9.45. The molecular weight excluding hydrogens is 367 g/mol. The van der Waals surface area contributed by atoms with Gasteiger partial charge in [-0.1, -0.05) is 12.1 Å². The van der Waals surface area contributed by atoms with E-state index in [1.54, 1.807) is 12.1 Å². The lowest BCUT2D eigenvalue weighted by molar-refractivity contribution is -0.116. The van der Waals surface area contributed by atoms with E-state index in [0.29, 0.717) is 36.9 Å². The summed E-state index contributed by atoms with van der Waals surface area (Å²) < 4.78 is 24.0. The molecule has 1 amide bonds. The molecule has 0 bridgehead atoms. The third kappa shape index (κ3) is 4.25. The number of fused-ring (bicyclic) bond motifs is 1. The fourth-order valence-electron chi connectivity index (χ4n) is 2.76. The largest absolute Gasteiger partial charge is 0.486 e. The zero-order valence-corrected chi connectivity index (χ0v) is 15.2. The second kappa shape index (κ2) is 7.75. The molecule has 2 heterocycles. The van der Waals surface area contributed by atoms with Crippen molar-refractivity contribution in [2.45, 2.75) is 12.8 Å². The number of aryl methyl sites for hydroxylation is 1. The molecule has 0 aliphatic carbocycles. The van der Waals surface area contributed by atoms with E-state index in [1.807, 2.05) is 23.6 Å². The van der Waals surface area contributed by atoms with Crippen LogP contribution in [0.3, 0.4) is 0 Å². The molecule has 0 saturated carbocycles. The van der Waals surface area contributed by atoms with Crippen molar-refractivity contribution in [3.63, 3.8) is 0 Å². The lowest BCUT2D eigenvalue weighted by Crippen LogP contribution is -2.15. The van der Waals surface area contributed by atoms with Crippen LogP contribution in [0.15, 0.2) is 47.8 Å². The highest BCUT2D eigenvalue weighted by Gasteiger charge is 2.14. The van der Waals surface area contributed by atoms with Crippen LogP contribution in [0.5, 0.6) is 11.5 Å². The number of nitrogens with one attached hydrogen (secondary N) is 1. The van der Waals surface area contributed by atoms with E-state index in [0.717, 1.165) is 22.6 Å². The lowest BCUT2D eigenvalue weighted by Gasteiger charge is -2.18. The maximum atomic E-state index is 12.9. The zero-order chi connectivity index (χ0) is 18.6. The van der Waals surface area contributed by atoms with Crippen LogP contribution in [-0.4, -0.2) is 24.1 Å². The number of anilines is 1. The molecule has 0 spiro atoms. The van der Waals surface area contributed by atoms with Gasteiger partial charge in [-0.2, -0.15) is 0 Å². The monoisotopic (exact) mass is 384 g/mol. The quantitative estimate of drug-likeness (QED) is 0.713. The van der Waals surface area contributed by atoms with Crippen LogP contribution in [0.1, 0.15) is 12.0 Å². The Balaban J connectivity index is 1.37. The molecule has 5 nitrogen and oxygen atoms in total. The SMILES string of the molecule is O=C(CCc1ccc(F)cc1)Nc1nc(-c2ccc3c(c2)OCCO3)cs1. The molecule has 2 aromatic carbocycles. The number of rotatable bonds is 5. The molecule has 138 valence electrons. The average molecular weight is 384 g/mol. The van der Waals surface area contributed by atoms with Gasteiger partial charge < -0.3 is 14.8 Å². The van der Waals surface area contributed by atoms with Crippen LogP contribution < -0.4 is 14.8 Å². The lowest BCUT2D eigenvalue weighted by atomic mass is 10.1. The Morgan fingerprint density at radius 3 is 2.70 bits per heavy atom. The maximum absolute atomic E-state index is 12.9. The van der Waals surface area contributed by atoms with Gasteiger partial charge in [0.05, 0.1) is 5.69 Å². The number of carbonyl (C=O) groups is 1. The molecule has 0 saturated heterocycles. The Hall–Kier alpha value is -2.93. The summed E-state index contributed by atoms with van der Waals surface area (Å²) >= 11 is 1.37. The van der Waals surface area contributed by atoms with Crippen molar-refractivity contribution < 1.29 is 18.7 Å². The number of hydrogen-bond donors (Lipinski definition) is 1. The van der Waals surface area contributed by atoms with Crippen molar-refractivity contribution in [1.29, 1.82) is 0 Å². The Bertz CT molecular complexity index is 956. The van der Waals surface area contributed by atoms with Crippen LogP contribution in [0, 0.1) is 5.82 Å². The van der Waals surface area contributed by atoms with Gasteiger partial charge in [0.15, 0.2) is 16.6 Å². The van der Waals surface area contributed by atoms with Gasteiger partial charge in [-0.25, -0.2) is 9.37 Å². The van der Waals surface area contributed by atoms with Crippen molar-refractivity contribution in [2.24, 2.45) is 0 Å². The molecule has 7 heteroatoms. The van der Waals surface area contributed by atoms with Crippen molar-refractivity contribution >= 4 is 22.4 Å². The van der Waals surface area contributed by atoms with Crippen LogP contribution in [-0.2, 0) is 11.2 Å². The number of thiazole rings is 1. The normalized spacial score (nSPS) is 12.6. The molecule has 4 rings (SSSR count). The van der Waals surface area contributed by atoms with E-state index in [2.05, 4.69) is 10.3 Å². The van der Waals surface area contributed by atoms with E-state index in [4.69, 9.17) is 9.47 Å². The van der Waals surface area contributed by atoms with Gasteiger partial charge >= 0.3 is 0 Å². The minimum absolute atomic E-state index is 0.123. The fraction of sp³-hybridized carbons (Fsp3) is 0.200. The van der Waals surface area contributed by atoms with Gasteiger partial charge in [0.1, 0.15) is 19.0 Å². The number of nitrogens with zero attached hydrogens (tertiary/aromatic N) is 1. The first kappa shape index (κ1) is 17.5. The minimum atomic E-state index is -0.280. The maximum Gasteiger partial charge on any atom is 0.226 e. The van der Waals surface area contributed by atoms with E-state index in [1.165, 1.54) is 23.5 Å². The Morgan fingerprint density at radius 1 is 1.11 bits per heavy atom. The van der Waals surface area contributed by atoms with Crippen molar-refractivity contribution in [2.75, 3.05) is 18.5 Å². The predicted octanol–water partition coefficient (Wildman–Crippen LogP) is 4.29. The highest BCUT2D eigenvalue weighted by Crippen LogP contribution is 2.35. The smallest absolute Gasteiger partial charge is 0.226 e. The number of benzene rings is 2. The average Bonchev–Trinajstić information content (AvgIpc) is 3.15. The zero-order valence-electron chi connectivity index (χ0n) is 14.4. The number of ether oxygens (including phenoxy) is 2. The van der Waals surface area contributed by atoms with Crippen molar-refractivity contribution in [3.8, 4) is 22.8 Å². The number of amides is 1. The summed E-state index contributed by atoms with van der Waals surface area (Å²) in [6, 6.07) is 11.8. The van der Waals surface area contributed by atoms with Gasteiger partial charge in [0, 0.05) is 17.4 Å². The summed E-state index contributed by atoms with van der Waals surface area (Å²) in [5, 5.41) is 5.25. The van der Waals surface area contributed by atoms with Crippen LogP contribution in [0.4, 0.5) is 9.52 Å². The molecule has 0 atom stereocenters. The van der Waals surface area contributed by atoms with Gasteiger partial charge in [0.25, 0.3) is 0 Å². The summed E-state index contributed by atoms with van der Waals surface area (Å²) in [6.45, 7) is 1.08. The molecule has 27 heavy (non-hydrogen) atoms. The summed E-state index contributed by atoms with van der Waals surface area (Å²) in [4.78, 5) is 16.6. The molecule has 0 radical (unpaired) electrons. The third-order valence-electron chi connectivity index (χ3n) is 4.14. The van der Waals surface area contributed by atoms with Crippen LogP contribution in [0.25, 0.3) is 11.3 Å². The number of carbonyl (C=O) groups excluding carboxylic acids is 1. The second-order valence-electron chi connectivity index (χ2n) is 6.07. The summed E-state index contributed by atoms with van der Waals surface area (Å²) in [5.74, 6) is 1.03. The van der Waals surface area contributed by atoms with E-state index >= 15 is 0 Å². The molecule has 1 N–H and O–H groups in total. The number of hydrogen-bond acceptors (Lipinski definition) is 5. The Labute approximate surface area is 159 Å². The highest BCUT2D eigenvalue weighted by atomic mass is 32.1. The highest BCUT2D eigenvalue weighted by molar-refractivity contribution is 7.14. The second-order valence-corrected chi connectivity index (χ2v) is 6.93. The van der Waals surface area contributed by atoms with Crippen LogP contribution in [0.2, 0.25) is 0 Å². The van der Waals surface area contributed by atoms with Gasteiger partial charge in [-0.3, -0.25) is 4.79 Å². The predicted molar refractivity (Wildman–Crippen MR) is 102 cm³/mol. The minimum Gasteiger partial charge on any atom is -0.486 e. The van der Waals surface area contributed by atoms with Crippen LogP contribution >= 0.6 is 11.3 Å². The topological polar surface area (TPSA) is 60.5 Å². The number of halogens is 1. The summed E-state index contributed by atoms with van der Waals surface area (Å²) in [6.07, 6.45) is 0.858. The number of aromatic nitrogens is 1. The first-order valence-electron chi connectivity index (χ1n) is 8.57. The first-order chi connectivity index (χ1) is 13.2. The summed E-state index contributed by atoms with van der Waals surface area (Å²) in [5.41, 5.74) is 2.59. The van der Waals surface area contributed by atoms with E-state index < -0.39 is 0 Å². The standard InChI is InChI=1S/C20H17FN2O3S/c21-15-5-1-13(2-6-15)3-8-19(24)23-20-22-16(12-27-20)14-4-7-17-18(11-14)26-10-9-25-17/h1-2,4-7,11-12H,3,8-10H2,(H,22,23,24). The molecule has 0 fully saturated rings. The van der Waals surface area contributed by atoms with Crippen molar-refractivity contribution in [3.05, 3.63) is 59.2 Å². The molecule has 1 aliphatic heterocycles. The molecule has 1 aromatic heterocycles. The fourth-order valence-corrected chi connectivity index (χ4v) is 3.49. The van der Waals surface area contributed by atoms with Gasteiger partial charge in [-0.15, -0.1) is 11.3 Å². The molecule has 1 aliphatic rings. The molecule has 3 aromatic rings. The Kier molecular flexibility index (Phi) is 5.02. The third-order valence-corrected chi connectivity index (χ3v) is 4.90. The summed E-state index contributed by atoms with van der Waals surface area (Å²) in [7, 11) is 0. The molecule has 0 unspecified atom stereocenters. The van der Waals surface area contributed by atoms with E-state index in [9.17, 15) is 9.18 Å². The van der Waals surface area contributed by atoms with E-state index in [-0.39, 0.29) is 11.7 Å². The van der Waals surface area contributed by atoms with Crippen molar-refractivity contribution in [1.82, 2.24) is 4.98 Å². The van der Waals surface area contributed by atoms with Gasteiger partial charge in [-0.05, 0) is 42.3 Å². The molecular formula is C20H17FN2O3S.